The SMILES string of the molecule is Cc1ccccc1OCC(=O)OCC(=O)Nc1c(C)cccc1[N+](=O)[O-]. The average Bonchev–Trinajstić information content (AvgIpc) is 2.60. The number of rotatable bonds is 7. The molecule has 2 aromatic rings. The van der Waals surface area contributed by atoms with Crippen LogP contribution in [0.5, 0.6) is 5.75 Å². The molecule has 0 saturated carbocycles. The molecular formula is C18H18N2O6. The molecule has 0 spiro atoms. The molecule has 2 aromatic carbocycles. The number of esters is 1. The lowest BCUT2D eigenvalue weighted by Gasteiger charge is -2.10. The number of aryl methyl sites for hydroxylation is 2. The number of nitro benzene ring substituents is 1. The molecule has 8 heteroatoms. The molecule has 0 saturated heterocycles. The van der Waals surface area contributed by atoms with Crippen LogP contribution in [0.1, 0.15) is 11.1 Å². The third-order valence-electron chi connectivity index (χ3n) is 3.52. The number of para-hydroxylation sites is 2. The number of hydrogen-bond donors (Lipinski definition) is 1. The van der Waals surface area contributed by atoms with Crippen LogP contribution >= 0.6 is 0 Å². The molecule has 0 heterocycles. The summed E-state index contributed by atoms with van der Waals surface area (Å²) < 4.78 is 10.2. The second-order valence-corrected chi connectivity index (χ2v) is 5.49. The highest BCUT2D eigenvalue weighted by Gasteiger charge is 2.18. The van der Waals surface area contributed by atoms with E-state index in [0.717, 1.165) is 5.56 Å². The first kappa shape index (κ1) is 18.9. The van der Waals surface area contributed by atoms with E-state index in [-0.39, 0.29) is 18.0 Å². The number of carbonyl (C=O) groups is 2. The standard InChI is InChI=1S/C18H18N2O6/c1-12-6-3-4-9-15(12)25-11-17(22)26-10-16(21)19-18-13(2)7-5-8-14(18)20(23)24/h3-9H,10-11H2,1-2H3,(H,19,21). The number of amides is 1. The predicted molar refractivity (Wildman–Crippen MR) is 94.1 cm³/mol. The Morgan fingerprint density at radius 3 is 2.42 bits per heavy atom. The fourth-order valence-corrected chi connectivity index (χ4v) is 2.19. The summed E-state index contributed by atoms with van der Waals surface area (Å²) >= 11 is 0. The lowest BCUT2D eigenvalue weighted by molar-refractivity contribution is -0.384. The Morgan fingerprint density at radius 1 is 1.04 bits per heavy atom. The minimum Gasteiger partial charge on any atom is -0.482 e. The minimum absolute atomic E-state index is 0.0784. The molecule has 0 unspecified atom stereocenters. The van der Waals surface area contributed by atoms with Crippen molar-refractivity contribution in [3.63, 3.8) is 0 Å². The van der Waals surface area contributed by atoms with Crippen LogP contribution in [0.2, 0.25) is 0 Å². The highest BCUT2D eigenvalue weighted by atomic mass is 16.6. The zero-order chi connectivity index (χ0) is 19.1. The van der Waals surface area contributed by atoms with Crippen molar-refractivity contribution in [3.05, 3.63) is 63.7 Å². The molecule has 26 heavy (non-hydrogen) atoms. The number of hydrogen-bond acceptors (Lipinski definition) is 6. The smallest absolute Gasteiger partial charge is 0.344 e. The summed E-state index contributed by atoms with van der Waals surface area (Å²) in [6.45, 7) is 2.55. The molecule has 0 aliphatic rings. The maximum Gasteiger partial charge on any atom is 0.344 e. The van der Waals surface area contributed by atoms with Gasteiger partial charge in [-0.3, -0.25) is 14.9 Å². The van der Waals surface area contributed by atoms with E-state index < -0.39 is 23.4 Å². The Morgan fingerprint density at radius 2 is 1.73 bits per heavy atom. The molecule has 0 aliphatic carbocycles. The molecule has 1 N–H and O–H groups in total. The number of carbonyl (C=O) groups excluding carboxylic acids is 2. The quantitative estimate of drug-likeness (QED) is 0.463. The Balaban J connectivity index is 1.86. The molecule has 0 aromatic heterocycles. The molecule has 0 bridgehead atoms. The Kier molecular flexibility index (Phi) is 6.26. The van der Waals surface area contributed by atoms with E-state index >= 15 is 0 Å². The van der Waals surface area contributed by atoms with Gasteiger partial charge in [-0.25, -0.2) is 4.79 Å². The molecule has 0 fully saturated rings. The zero-order valence-electron chi connectivity index (χ0n) is 14.4. The van der Waals surface area contributed by atoms with Crippen molar-refractivity contribution in [2.24, 2.45) is 0 Å². The summed E-state index contributed by atoms with van der Waals surface area (Å²) in [5, 5.41) is 13.4. The van der Waals surface area contributed by atoms with Crippen LogP contribution in [0.25, 0.3) is 0 Å². The minimum atomic E-state index is -0.720. The van der Waals surface area contributed by atoms with Crippen LogP contribution in [0, 0.1) is 24.0 Å². The number of nitro groups is 1. The van der Waals surface area contributed by atoms with Gasteiger partial charge < -0.3 is 14.8 Å². The van der Waals surface area contributed by atoms with Gasteiger partial charge >= 0.3 is 5.97 Å². The molecular weight excluding hydrogens is 340 g/mol. The van der Waals surface area contributed by atoms with E-state index in [4.69, 9.17) is 9.47 Å². The normalized spacial score (nSPS) is 10.1. The van der Waals surface area contributed by atoms with Crippen molar-refractivity contribution in [1.29, 1.82) is 0 Å². The number of benzene rings is 2. The highest BCUT2D eigenvalue weighted by Crippen LogP contribution is 2.27. The largest absolute Gasteiger partial charge is 0.482 e. The van der Waals surface area contributed by atoms with Gasteiger partial charge in [0.15, 0.2) is 13.2 Å². The van der Waals surface area contributed by atoms with Gasteiger partial charge in [0.25, 0.3) is 11.6 Å². The van der Waals surface area contributed by atoms with Gasteiger partial charge in [-0.05, 0) is 31.0 Å². The van der Waals surface area contributed by atoms with Crippen LogP contribution in [0.3, 0.4) is 0 Å². The van der Waals surface area contributed by atoms with Gasteiger partial charge in [-0.15, -0.1) is 0 Å². The highest BCUT2D eigenvalue weighted by molar-refractivity contribution is 5.95. The van der Waals surface area contributed by atoms with E-state index in [1.165, 1.54) is 12.1 Å². The van der Waals surface area contributed by atoms with E-state index in [2.05, 4.69) is 5.32 Å². The molecule has 0 aliphatic heterocycles. The third-order valence-corrected chi connectivity index (χ3v) is 3.52. The van der Waals surface area contributed by atoms with E-state index in [1.807, 2.05) is 19.1 Å². The number of anilines is 1. The maximum atomic E-state index is 11.9. The number of nitrogens with one attached hydrogen (secondary N) is 1. The summed E-state index contributed by atoms with van der Waals surface area (Å²) in [5.74, 6) is -0.848. The van der Waals surface area contributed by atoms with Crippen molar-refractivity contribution in [2.75, 3.05) is 18.5 Å². The lowest BCUT2D eigenvalue weighted by Crippen LogP contribution is -2.24. The fraction of sp³-hybridized carbons (Fsp3) is 0.222. The van der Waals surface area contributed by atoms with Crippen LogP contribution in [0.4, 0.5) is 11.4 Å². The number of ether oxygens (including phenoxy) is 2. The summed E-state index contributed by atoms with van der Waals surface area (Å²) in [5.41, 5.74) is 1.24. The number of nitrogens with zero attached hydrogens (tertiary/aromatic N) is 1. The summed E-state index contributed by atoms with van der Waals surface area (Å²) in [6.07, 6.45) is 0. The Hall–Kier alpha value is -3.42. The Labute approximate surface area is 149 Å². The predicted octanol–water partition coefficient (Wildman–Crippen LogP) is 2.77. The molecule has 0 radical (unpaired) electrons. The third kappa shape index (κ3) is 5.04. The topological polar surface area (TPSA) is 108 Å². The van der Waals surface area contributed by atoms with Gasteiger partial charge in [-0.1, -0.05) is 30.3 Å². The monoisotopic (exact) mass is 358 g/mol. The second kappa shape index (κ2) is 8.61. The van der Waals surface area contributed by atoms with Crippen molar-refractivity contribution in [1.82, 2.24) is 0 Å². The Bertz CT molecular complexity index is 834. The molecule has 0 atom stereocenters. The first-order chi connectivity index (χ1) is 12.4. The molecule has 136 valence electrons. The second-order valence-electron chi connectivity index (χ2n) is 5.49. The first-order valence-electron chi connectivity index (χ1n) is 7.76. The van der Waals surface area contributed by atoms with Gasteiger partial charge in [-0.2, -0.15) is 0 Å². The molecule has 2 rings (SSSR count). The van der Waals surface area contributed by atoms with Gasteiger partial charge in [0.1, 0.15) is 11.4 Å². The van der Waals surface area contributed by atoms with Crippen LogP contribution in [0.15, 0.2) is 42.5 Å². The van der Waals surface area contributed by atoms with Crippen LogP contribution < -0.4 is 10.1 Å². The average molecular weight is 358 g/mol. The van der Waals surface area contributed by atoms with Gasteiger partial charge in [0, 0.05) is 6.07 Å². The summed E-state index contributed by atoms with van der Waals surface area (Å²) in [7, 11) is 0. The zero-order valence-corrected chi connectivity index (χ0v) is 14.4. The van der Waals surface area contributed by atoms with Crippen molar-refractivity contribution >= 4 is 23.3 Å². The molecule has 8 nitrogen and oxygen atoms in total. The van der Waals surface area contributed by atoms with Crippen LogP contribution in [-0.2, 0) is 14.3 Å². The maximum absolute atomic E-state index is 11.9. The summed E-state index contributed by atoms with van der Waals surface area (Å²) in [6, 6.07) is 11.6. The van der Waals surface area contributed by atoms with E-state index in [0.29, 0.717) is 11.3 Å². The first-order valence-corrected chi connectivity index (χ1v) is 7.76. The van der Waals surface area contributed by atoms with E-state index in [1.54, 1.807) is 25.1 Å². The van der Waals surface area contributed by atoms with Gasteiger partial charge in [0.05, 0.1) is 4.92 Å². The van der Waals surface area contributed by atoms with Crippen molar-refractivity contribution in [2.45, 2.75) is 13.8 Å². The van der Waals surface area contributed by atoms with E-state index in [9.17, 15) is 19.7 Å². The van der Waals surface area contributed by atoms with Crippen LogP contribution in [-0.4, -0.2) is 30.0 Å². The lowest BCUT2D eigenvalue weighted by atomic mass is 10.1. The summed E-state index contributed by atoms with van der Waals surface area (Å²) in [4.78, 5) is 34.0. The van der Waals surface area contributed by atoms with Crippen molar-refractivity contribution in [3.8, 4) is 5.75 Å². The fourth-order valence-electron chi connectivity index (χ4n) is 2.19. The van der Waals surface area contributed by atoms with Gasteiger partial charge in [0.2, 0.25) is 0 Å². The molecule has 1 amide bonds. The van der Waals surface area contributed by atoms with Crippen molar-refractivity contribution < 1.29 is 24.0 Å².